The highest BCUT2D eigenvalue weighted by molar-refractivity contribution is 5.57. The second-order valence-corrected chi connectivity index (χ2v) is 3.94. The SMILES string of the molecule is c1ccc(Cn2nccc2-c2cccnc2)nc1. The van der Waals surface area contributed by atoms with Crippen LogP contribution in [0.4, 0.5) is 0 Å². The van der Waals surface area contributed by atoms with E-state index in [1.165, 1.54) is 0 Å². The van der Waals surface area contributed by atoms with Crippen LogP contribution in [0.3, 0.4) is 0 Å². The van der Waals surface area contributed by atoms with Crippen LogP contribution in [0.5, 0.6) is 0 Å². The maximum atomic E-state index is 4.34. The minimum Gasteiger partial charge on any atom is -0.264 e. The topological polar surface area (TPSA) is 43.6 Å². The average Bonchev–Trinajstić information content (AvgIpc) is 2.89. The maximum absolute atomic E-state index is 4.34. The first-order chi connectivity index (χ1) is 8.93. The predicted molar refractivity (Wildman–Crippen MR) is 68.8 cm³/mol. The lowest BCUT2D eigenvalue weighted by Gasteiger charge is -2.06. The van der Waals surface area contributed by atoms with Crippen molar-refractivity contribution in [2.75, 3.05) is 0 Å². The van der Waals surface area contributed by atoms with Gasteiger partial charge in [0, 0.05) is 30.4 Å². The first kappa shape index (κ1) is 10.7. The summed E-state index contributed by atoms with van der Waals surface area (Å²) in [4.78, 5) is 8.44. The first-order valence-electron chi connectivity index (χ1n) is 5.75. The van der Waals surface area contributed by atoms with Gasteiger partial charge in [0.15, 0.2) is 0 Å². The standard InChI is InChI=1S/C14H12N4/c1-2-8-16-13(5-1)11-18-14(6-9-17-18)12-4-3-7-15-10-12/h1-10H,11H2. The predicted octanol–water partition coefficient (Wildman–Crippen LogP) is 2.39. The summed E-state index contributed by atoms with van der Waals surface area (Å²) in [7, 11) is 0. The van der Waals surface area contributed by atoms with Gasteiger partial charge in [-0.3, -0.25) is 14.6 Å². The van der Waals surface area contributed by atoms with Crippen LogP contribution in [0.15, 0.2) is 61.2 Å². The number of rotatable bonds is 3. The Morgan fingerprint density at radius 3 is 2.72 bits per heavy atom. The zero-order valence-corrected chi connectivity index (χ0v) is 9.77. The molecular formula is C14H12N4. The van der Waals surface area contributed by atoms with Crippen LogP contribution in [0.1, 0.15) is 5.69 Å². The van der Waals surface area contributed by atoms with Crippen molar-refractivity contribution < 1.29 is 0 Å². The van der Waals surface area contributed by atoms with Gasteiger partial charge in [-0.1, -0.05) is 6.07 Å². The molecule has 0 bridgehead atoms. The van der Waals surface area contributed by atoms with Gasteiger partial charge < -0.3 is 0 Å². The molecule has 0 N–H and O–H groups in total. The quantitative estimate of drug-likeness (QED) is 0.701. The molecule has 3 heterocycles. The molecule has 88 valence electrons. The minimum atomic E-state index is 0.665. The number of pyridine rings is 2. The third-order valence-electron chi connectivity index (χ3n) is 2.71. The monoisotopic (exact) mass is 236 g/mol. The van der Waals surface area contributed by atoms with Gasteiger partial charge in [-0.2, -0.15) is 5.10 Å². The molecular weight excluding hydrogens is 224 g/mol. The Morgan fingerprint density at radius 2 is 1.94 bits per heavy atom. The molecule has 0 unspecified atom stereocenters. The summed E-state index contributed by atoms with van der Waals surface area (Å²) >= 11 is 0. The second kappa shape index (κ2) is 4.79. The fraction of sp³-hybridized carbons (Fsp3) is 0.0714. The van der Waals surface area contributed by atoms with Crippen LogP contribution in [-0.2, 0) is 6.54 Å². The number of aromatic nitrogens is 4. The molecule has 3 aromatic rings. The summed E-state index contributed by atoms with van der Waals surface area (Å²) in [6, 6.07) is 11.8. The molecule has 0 spiro atoms. The van der Waals surface area contributed by atoms with Gasteiger partial charge >= 0.3 is 0 Å². The van der Waals surface area contributed by atoms with E-state index in [9.17, 15) is 0 Å². The summed E-state index contributed by atoms with van der Waals surface area (Å²) in [6.45, 7) is 0.665. The number of hydrogen-bond donors (Lipinski definition) is 0. The molecule has 0 aliphatic rings. The largest absolute Gasteiger partial charge is 0.264 e. The van der Waals surface area contributed by atoms with Crippen LogP contribution in [0.25, 0.3) is 11.3 Å². The Kier molecular flexibility index (Phi) is 2.84. The van der Waals surface area contributed by atoms with Crippen molar-refractivity contribution in [3.05, 3.63) is 66.9 Å². The zero-order chi connectivity index (χ0) is 12.2. The van der Waals surface area contributed by atoms with Crippen molar-refractivity contribution in [2.45, 2.75) is 6.54 Å². The van der Waals surface area contributed by atoms with E-state index >= 15 is 0 Å². The Morgan fingerprint density at radius 1 is 0.944 bits per heavy atom. The fourth-order valence-corrected chi connectivity index (χ4v) is 1.86. The van der Waals surface area contributed by atoms with Crippen LogP contribution < -0.4 is 0 Å². The van der Waals surface area contributed by atoms with Gasteiger partial charge in [0.2, 0.25) is 0 Å². The van der Waals surface area contributed by atoms with Crippen LogP contribution in [0, 0.1) is 0 Å². The van der Waals surface area contributed by atoms with Crippen LogP contribution in [0.2, 0.25) is 0 Å². The molecule has 0 saturated carbocycles. The van der Waals surface area contributed by atoms with Crippen molar-refractivity contribution in [1.29, 1.82) is 0 Å². The molecule has 3 aromatic heterocycles. The van der Waals surface area contributed by atoms with E-state index in [-0.39, 0.29) is 0 Å². The third kappa shape index (κ3) is 2.13. The fourth-order valence-electron chi connectivity index (χ4n) is 1.86. The second-order valence-electron chi connectivity index (χ2n) is 3.94. The summed E-state index contributed by atoms with van der Waals surface area (Å²) in [6.07, 6.45) is 7.20. The Balaban J connectivity index is 1.93. The zero-order valence-electron chi connectivity index (χ0n) is 9.77. The van der Waals surface area contributed by atoms with Crippen molar-refractivity contribution in [1.82, 2.24) is 19.7 Å². The molecule has 0 aromatic carbocycles. The van der Waals surface area contributed by atoms with Crippen LogP contribution in [-0.4, -0.2) is 19.7 Å². The van der Waals surface area contributed by atoms with Gasteiger partial charge in [-0.05, 0) is 30.3 Å². The third-order valence-corrected chi connectivity index (χ3v) is 2.71. The summed E-state index contributed by atoms with van der Waals surface area (Å²) in [5.41, 5.74) is 3.10. The van der Waals surface area contributed by atoms with Gasteiger partial charge in [0.05, 0.1) is 17.9 Å². The summed E-state index contributed by atoms with van der Waals surface area (Å²) < 4.78 is 1.93. The minimum absolute atomic E-state index is 0.665. The maximum Gasteiger partial charge on any atom is 0.0838 e. The van der Waals surface area contributed by atoms with E-state index in [2.05, 4.69) is 15.1 Å². The summed E-state index contributed by atoms with van der Waals surface area (Å²) in [5.74, 6) is 0. The van der Waals surface area contributed by atoms with Gasteiger partial charge in [0.1, 0.15) is 0 Å². The van der Waals surface area contributed by atoms with Crippen LogP contribution >= 0.6 is 0 Å². The summed E-state index contributed by atoms with van der Waals surface area (Å²) in [5, 5.41) is 4.34. The van der Waals surface area contributed by atoms with E-state index in [0.29, 0.717) is 6.54 Å². The lowest BCUT2D eigenvalue weighted by molar-refractivity contribution is 0.680. The number of hydrogen-bond acceptors (Lipinski definition) is 3. The highest BCUT2D eigenvalue weighted by Gasteiger charge is 2.06. The molecule has 18 heavy (non-hydrogen) atoms. The lowest BCUT2D eigenvalue weighted by atomic mass is 10.2. The molecule has 0 aliphatic carbocycles. The van der Waals surface area contributed by atoms with E-state index in [0.717, 1.165) is 17.0 Å². The lowest BCUT2D eigenvalue weighted by Crippen LogP contribution is -2.04. The normalized spacial score (nSPS) is 10.4. The first-order valence-corrected chi connectivity index (χ1v) is 5.75. The Hall–Kier alpha value is -2.49. The molecule has 4 heteroatoms. The molecule has 0 aliphatic heterocycles. The van der Waals surface area contributed by atoms with E-state index < -0.39 is 0 Å². The molecule has 0 amide bonds. The molecule has 0 radical (unpaired) electrons. The van der Waals surface area contributed by atoms with E-state index in [4.69, 9.17) is 0 Å². The average molecular weight is 236 g/mol. The Labute approximate surface area is 105 Å². The molecule has 4 nitrogen and oxygen atoms in total. The van der Waals surface area contributed by atoms with Crippen molar-refractivity contribution in [3.63, 3.8) is 0 Å². The van der Waals surface area contributed by atoms with Gasteiger partial charge in [-0.15, -0.1) is 0 Å². The van der Waals surface area contributed by atoms with E-state index in [1.807, 2.05) is 47.3 Å². The van der Waals surface area contributed by atoms with Gasteiger partial charge in [0.25, 0.3) is 0 Å². The molecule has 3 rings (SSSR count). The molecule has 0 saturated heterocycles. The van der Waals surface area contributed by atoms with Crippen molar-refractivity contribution in [2.24, 2.45) is 0 Å². The van der Waals surface area contributed by atoms with Crippen molar-refractivity contribution >= 4 is 0 Å². The Bertz CT molecular complexity index is 617. The molecule has 0 atom stereocenters. The van der Waals surface area contributed by atoms with Gasteiger partial charge in [-0.25, -0.2) is 0 Å². The number of nitrogens with zero attached hydrogens (tertiary/aromatic N) is 4. The smallest absolute Gasteiger partial charge is 0.0838 e. The molecule has 0 fully saturated rings. The highest BCUT2D eigenvalue weighted by atomic mass is 15.3. The highest BCUT2D eigenvalue weighted by Crippen LogP contribution is 2.17. The van der Waals surface area contributed by atoms with E-state index in [1.54, 1.807) is 18.6 Å². The van der Waals surface area contributed by atoms with Crippen molar-refractivity contribution in [3.8, 4) is 11.3 Å².